The van der Waals surface area contributed by atoms with E-state index in [9.17, 15) is 13.2 Å². The van der Waals surface area contributed by atoms with E-state index < -0.39 is 10.0 Å². The number of nitrogens with one attached hydrogen (secondary N) is 1. The van der Waals surface area contributed by atoms with Crippen LogP contribution in [0.3, 0.4) is 0 Å². The van der Waals surface area contributed by atoms with E-state index in [4.69, 9.17) is 0 Å². The summed E-state index contributed by atoms with van der Waals surface area (Å²) in [5, 5.41) is 3.81. The van der Waals surface area contributed by atoms with E-state index in [1.165, 1.54) is 22.0 Å². The lowest BCUT2D eigenvalue weighted by molar-refractivity contribution is -0.117. The lowest BCUT2D eigenvalue weighted by Crippen LogP contribution is -2.38. The molecule has 0 unspecified atom stereocenters. The van der Waals surface area contributed by atoms with E-state index in [1.807, 2.05) is 19.1 Å². The van der Waals surface area contributed by atoms with Crippen LogP contribution in [0.5, 0.6) is 0 Å². The number of nitrogens with zero attached hydrogens (tertiary/aromatic N) is 3. The highest BCUT2D eigenvalue weighted by Gasteiger charge is 2.19. The summed E-state index contributed by atoms with van der Waals surface area (Å²) >= 11 is 3.40. The highest BCUT2D eigenvalue weighted by atomic mass is 79.9. The molecule has 0 saturated heterocycles. The van der Waals surface area contributed by atoms with Crippen molar-refractivity contribution in [3.8, 4) is 0 Å². The number of benzene rings is 1. The van der Waals surface area contributed by atoms with Gasteiger partial charge in [-0.15, -0.1) is 0 Å². The smallest absolute Gasteiger partial charge is 0.244 e. The van der Waals surface area contributed by atoms with Gasteiger partial charge in [0, 0.05) is 30.5 Å². The summed E-state index contributed by atoms with van der Waals surface area (Å²) in [7, 11) is -0.534. The van der Waals surface area contributed by atoms with E-state index in [0.29, 0.717) is 5.69 Å². The Morgan fingerprint density at radius 3 is 2.70 bits per heavy atom. The van der Waals surface area contributed by atoms with Gasteiger partial charge in [0.25, 0.3) is 0 Å². The molecule has 0 aliphatic heterocycles. The molecule has 9 heteroatoms. The van der Waals surface area contributed by atoms with Crippen LogP contribution in [0.4, 0.5) is 5.69 Å². The largest absolute Gasteiger partial charge is 0.314 e. The Morgan fingerprint density at radius 2 is 2.13 bits per heavy atom. The zero-order valence-corrected chi connectivity index (χ0v) is 15.3. The number of carbonyl (C=O) groups is 1. The molecule has 0 spiro atoms. The third-order valence-corrected chi connectivity index (χ3v) is 5.55. The zero-order valence-electron chi connectivity index (χ0n) is 12.9. The lowest BCUT2D eigenvalue weighted by atomic mass is 10.2. The fourth-order valence-corrected chi connectivity index (χ4v) is 3.08. The van der Waals surface area contributed by atoms with Crippen molar-refractivity contribution >= 4 is 37.5 Å². The summed E-state index contributed by atoms with van der Waals surface area (Å²) in [5.74, 6) is -0.362. The van der Waals surface area contributed by atoms with Gasteiger partial charge < -0.3 is 4.90 Å². The van der Waals surface area contributed by atoms with Gasteiger partial charge in [0.1, 0.15) is 4.90 Å². The fourth-order valence-electron chi connectivity index (χ4n) is 1.88. The molecule has 0 aliphatic rings. The van der Waals surface area contributed by atoms with Gasteiger partial charge in [-0.2, -0.15) is 5.10 Å². The first kappa shape index (κ1) is 17.6. The number of anilines is 1. The molecule has 0 radical (unpaired) electrons. The summed E-state index contributed by atoms with van der Waals surface area (Å²) < 4.78 is 28.7. The van der Waals surface area contributed by atoms with Crippen LogP contribution < -0.4 is 9.62 Å². The number of halogens is 1. The van der Waals surface area contributed by atoms with Crippen LogP contribution >= 0.6 is 15.9 Å². The number of amides is 1. The molecule has 23 heavy (non-hydrogen) atoms. The Labute approximate surface area is 143 Å². The molecule has 0 fully saturated rings. The molecular formula is C14H17BrN4O3S. The van der Waals surface area contributed by atoms with E-state index in [1.54, 1.807) is 20.2 Å². The van der Waals surface area contributed by atoms with Gasteiger partial charge in [-0.3, -0.25) is 9.48 Å². The normalized spacial score (nSPS) is 11.5. The number of hydrogen-bond acceptors (Lipinski definition) is 4. The standard InChI is InChI=1S/C14H17BrN4O3S/c1-10-6-11(4-5-13(10)15)19(3)14(20)8-17-23(21,22)12-7-16-18(2)9-12/h4-7,9,17H,8H2,1-3H3. The van der Waals surface area contributed by atoms with Crippen molar-refractivity contribution in [3.05, 3.63) is 40.6 Å². The molecule has 0 atom stereocenters. The maximum Gasteiger partial charge on any atom is 0.244 e. The average molecular weight is 401 g/mol. The van der Waals surface area contributed by atoms with Gasteiger partial charge in [-0.1, -0.05) is 15.9 Å². The average Bonchev–Trinajstić information content (AvgIpc) is 2.94. The number of sulfonamides is 1. The van der Waals surface area contributed by atoms with Gasteiger partial charge in [0.05, 0.1) is 12.7 Å². The first-order valence-electron chi connectivity index (χ1n) is 6.72. The maximum absolute atomic E-state index is 12.2. The molecule has 2 rings (SSSR count). The van der Waals surface area contributed by atoms with Gasteiger partial charge in [-0.05, 0) is 30.7 Å². The lowest BCUT2D eigenvalue weighted by Gasteiger charge is -2.18. The minimum absolute atomic E-state index is 0.0231. The number of hydrogen-bond donors (Lipinski definition) is 1. The molecule has 7 nitrogen and oxygen atoms in total. The van der Waals surface area contributed by atoms with E-state index >= 15 is 0 Å². The van der Waals surface area contributed by atoms with Crippen molar-refractivity contribution in [2.24, 2.45) is 7.05 Å². The summed E-state index contributed by atoms with van der Waals surface area (Å²) in [6, 6.07) is 5.47. The van der Waals surface area contributed by atoms with Crippen LogP contribution in [-0.2, 0) is 21.9 Å². The second kappa shape index (κ2) is 6.81. The van der Waals surface area contributed by atoms with Crippen LogP contribution in [0.25, 0.3) is 0 Å². The van der Waals surface area contributed by atoms with E-state index in [0.717, 1.165) is 10.0 Å². The number of aromatic nitrogens is 2. The number of rotatable bonds is 5. The Morgan fingerprint density at radius 1 is 1.43 bits per heavy atom. The molecule has 1 aromatic carbocycles. The molecule has 1 heterocycles. The van der Waals surface area contributed by atoms with E-state index in [-0.39, 0.29) is 17.3 Å². The van der Waals surface area contributed by atoms with Crippen molar-refractivity contribution in [2.75, 3.05) is 18.5 Å². The van der Waals surface area contributed by atoms with Crippen molar-refractivity contribution in [2.45, 2.75) is 11.8 Å². The highest BCUT2D eigenvalue weighted by molar-refractivity contribution is 9.10. The van der Waals surface area contributed by atoms with Gasteiger partial charge in [0.2, 0.25) is 15.9 Å². The van der Waals surface area contributed by atoms with Crippen molar-refractivity contribution in [3.63, 3.8) is 0 Å². The second-order valence-corrected chi connectivity index (χ2v) is 7.68. The zero-order chi connectivity index (χ0) is 17.2. The Bertz CT molecular complexity index is 832. The highest BCUT2D eigenvalue weighted by Crippen LogP contribution is 2.22. The monoisotopic (exact) mass is 400 g/mol. The Kier molecular flexibility index (Phi) is 5.23. The minimum Gasteiger partial charge on any atom is -0.314 e. The van der Waals surface area contributed by atoms with Crippen LogP contribution in [0.15, 0.2) is 40.0 Å². The molecule has 0 bridgehead atoms. The summed E-state index contributed by atoms with van der Waals surface area (Å²) in [5.41, 5.74) is 1.68. The van der Waals surface area contributed by atoms with Crippen LogP contribution in [-0.4, -0.2) is 37.7 Å². The molecule has 1 N–H and O–H groups in total. The Balaban J connectivity index is 2.05. The molecule has 0 aliphatic carbocycles. The molecule has 2 aromatic rings. The van der Waals surface area contributed by atoms with E-state index in [2.05, 4.69) is 25.8 Å². The fraction of sp³-hybridized carbons (Fsp3) is 0.286. The summed E-state index contributed by atoms with van der Waals surface area (Å²) in [4.78, 5) is 13.6. The molecule has 1 aromatic heterocycles. The van der Waals surface area contributed by atoms with Crippen molar-refractivity contribution in [1.82, 2.24) is 14.5 Å². The predicted octanol–water partition coefficient (Wildman–Crippen LogP) is 1.43. The topological polar surface area (TPSA) is 84.3 Å². The third-order valence-electron chi connectivity index (χ3n) is 3.31. The quantitative estimate of drug-likeness (QED) is 0.822. The second-order valence-electron chi connectivity index (χ2n) is 5.06. The van der Waals surface area contributed by atoms with Crippen molar-refractivity contribution < 1.29 is 13.2 Å². The first-order chi connectivity index (χ1) is 10.7. The minimum atomic E-state index is -3.75. The summed E-state index contributed by atoms with van der Waals surface area (Å²) in [6.07, 6.45) is 2.60. The summed E-state index contributed by atoms with van der Waals surface area (Å²) in [6.45, 7) is 1.58. The number of likely N-dealkylation sites (N-methyl/N-ethyl adjacent to an activating group) is 1. The molecular weight excluding hydrogens is 384 g/mol. The first-order valence-corrected chi connectivity index (χ1v) is 8.99. The maximum atomic E-state index is 12.2. The Hall–Kier alpha value is -1.71. The van der Waals surface area contributed by atoms with Crippen LogP contribution in [0.2, 0.25) is 0 Å². The molecule has 1 amide bonds. The van der Waals surface area contributed by atoms with Gasteiger partial charge >= 0.3 is 0 Å². The third kappa shape index (κ3) is 4.18. The van der Waals surface area contributed by atoms with Crippen LogP contribution in [0, 0.1) is 6.92 Å². The van der Waals surface area contributed by atoms with Gasteiger partial charge in [0.15, 0.2) is 0 Å². The predicted molar refractivity (Wildman–Crippen MR) is 90.7 cm³/mol. The molecule has 0 saturated carbocycles. The van der Waals surface area contributed by atoms with Gasteiger partial charge in [-0.25, -0.2) is 13.1 Å². The number of carbonyl (C=O) groups excluding carboxylic acids is 1. The molecule has 124 valence electrons. The van der Waals surface area contributed by atoms with Crippen LogP contribution in [0.1, 0.15) is 5.56 Å². The van der Waals surface area contributed by atoms with Crippen molar-refractivity contribution in [1.29, 1.82) is 0 Å². The SMILES string of the molecule is Cc1cc(N(C)C(=O)CNS(=O)(=O)c2cnn(C)c2)ccc1Br. The number of aryl methyl sites for hydroxylation is 2.